The minimum absolute atomic E-state index is 0.0198. The first kappa shape index (κ1) is 19.6. The molecule has 6 nitrogen and oxygen atoms in total. The molecule has 1 aliphatic heterocycles. The normalized spacial score (nSPS) is 16.2. The zero-order valence-electron chi connectivity index (χ0n) is 16.8. The number of amides is 1. The summed E-state index contributed by atoms with van der Waals surface area (Å²) < 4.78 is 6.75. The highest BCUT2D eigenvalue weighted by Gasteiger charge is 2.24. The molecule has 5 rings (SSSR count). The SMILES string of the molecule is Cc1ccc(-n2c(SCCN3CCOC3=O)nc3sc4c(c3c2=O)CCCC4)cc1. The van der Waals surface area contributed by atoms with Crippen molar-refractivity contribution < 1.29 is 9.53 Å². The van der Waals surface area contributed by atoms with Crippen molar-refractivity contribution >= 4 is 39.4 Å². The maximum Gasteiger partial charge on any atom is 0.409 e. The fourth-order valence-electron chi connectivity index (χ4n) is 4.08. The molecule has 0 saturated carbocycles. The monoisotopic (exact) mass is 441 g/mol. The van der Waals surface area contributed by atoms with Crippen LogP contribution in [0.3, 0.4) is 0 Å². The largest absolute Gasteiger partial charge is 0.448 e. The number of fused-ring (bicyclic) bond motifs is 3. The summed E-state index contributed by atoms with van der Waals surface area (Å²) in [5.41, 5.74) is 3.21. The van der Waals surface area contributed by atoms with Crippen LogP contribution in [0, 0.1) is 6.92 Å². The summed E-state index contributed by atoms with van der Waals surface area (Å²) in [6, 6.07) is 7.99. The predicted molar refractivity (Wildman–Crippen MR) is 120 cm³/mol. The van der Waals surface area contributed by atoms with Crippen molar-refractivity contribution in [2.45, 2.75) is 37.8 Å². The van der Waals surface area contributed by atoms with E-state index in [1.807, 2.05) is 31.2 Å². The lowest BCUT2D eigenvalue weighted by atomic mass is 9.97. The van der Waals surface area contributed by atoms with Crippen molar-refractivity contribution in [2.75, 3.05) is 25.4 Å². The van der Waals surface area contributed by atoms with Gasteiger partial charge >= 0.3 is 6.09 Å². The highest BCUT2D eigenvalue weighted by molar-refractivity contribution is 7.99. The first-order valence-corrected chi connectivity index (χ1v) is 12.1. The van der Waals surface area contributed by atoms with Gasteiger partial charge in [0, 0.05) is 17.2 Å². The zero-order chi connectivity index (χ0) is 20.7. The van der Waals surface area contributed by atoms with E-state index in [4.69, 9.17) is 9.72 Å². The molecule has 1 saturated heterocycles. The Labute approximate surface area is 182 Å². The molecule has 1 aliphatic carbocycles. The molecule has 8 heteroatoms. The Bertz CT molecular complexity index is 1170. The Balaban J connectivity index is 1.56. The minimum Gasteiger partial charge on any atom is -0.448 e. The number of thioether (sulfide) groups is 1. The van der Waals surface area contributed by atoms with Crippen LogP contribution in [0.4, 0.5) is 4.79 Å². The molecule has 1 aromatic carbocycles. The number of aryl methyl sites for hydroxylation is 3. The first-order chi connectivity index (χ1) is 14.6. The second-order valence-electron chi connectivity index (χ2n) is 7.71. The van der Waals surface area contributed by atoms with Gasteiger partial charge in [-0.05, 0) is 50.3 Å². The lowest BCUT2D eigenvalue weighted by molar-refractivity contribution is 0.160. The van der Waals surface area contributed by atoms with E-state index in [9.17, 15) is 9.59 Å². The third kappa shape index (κ3) is 3.52. The van der Waals surface area contributed by atoms with E-state index in [0.717, 1.165) is 40.7 Å². The van der Waals surface area contributed by atoms with Crippen LogP contribution < -0.4 is 5.56 Å². The van der Waals surface area contributed by atoms with Crippen LogP contribution in [0.25, 0.3) is 15.9 Å². The van der Waals surface area contributed by atoms with E-state index in [-0.39, 0.29) is 11.7 Å². The number of carbonyl (C=O) groups excluding carboxylic acids is 1. The summed E-state index contributed by atoms with van der Waals surface area (Å²) in [6.07, 6.45) is 4.05. The maximum absolute atomic E-state index is 13.7. The number of rotatable bonds is 5. The lowest BCUT2D eigenvalue weighted by Gasteiger charge is -2.15. The second-order valence-corrected chi connectivity index (χ2v) is 9.86. The number of hydrogen-bond acceptors (Lipinski definition) is 6. The summed E-state index contributed by atoms with van der Waals surface area (Å²) in [5.74, 6) is 0.657. The molecule has 2 aliphatic rings. The van der Waals surface area contributed by atoms with Crippen LogP contribution in [0.5, 0.6) is 0 Å². The number of cyclic esters (lactones) is 1. The van der Waals surface area contributed by atoms with Crippen LogP contribution in [-0.4, -0.2) is 46.0 Å². The summed E-state index contributed by atoms with van der Waals surface area (Å²) in [5, 5.41) is 1.48. The van der Waals surface area contributed by atoms with Gasteiger partial charge in [0.25, 0.3) is 5.56 Å². The third-order valence-corrected chi connectivity index (χ3v) is 7.79. The molecule has 30 heavy (non-hydrogen) atoms. The Hall–Kier alpha value is -2.32. The molecule has 0 N–H and O–H groups in total. The van der Waals surface area contributed by atoms with Gasteiger partial charge in [-0.1, -0.05) is 29.5 Å². The van der Waals surface area contributed by atoms with Gasteiger partial charge in [-0.2, -0.15) is 0 Å². The first-order valence-electron chi connectivity index (χ1n) is 10.3. The molecule has 2 aromatic heterocycles. The van der Waals surface area contributed by atoms with Gasteiger partial charge in [0.1, 0.15) is 11.4 Å². The molecule has 1 amide bonds. The highest BCUT2D eigenvalue weighted by Crippen LogP contribution is 2.35. The van der Waals surface area contributed by atoms with Gasteiger partial charge in [0.2, 0.25) is 0 Å². The highest BCUT2D eigenvalue weighted by atomic mass is 32.2. The minimum atomic E-state index is -0.263. The van der Waals surface area contributed by atoms with Gasteiger partial charge in [-0.15, -0.1) is 11.3 Å². The topological polar surface area (TPSA) is 64.4 Å². The fraction of sp³-hybridized carbons (Fsp3) is 0.409. The number of hydrogen-bond donors (Lipinski definition) is 0. The van der Waals surface area contributed by atoms with Gasteiger partial charge in [-0.25, -0.2) is 9.78 Å². The van der Waals surface area contributed by atoms with Crippen LogP contribution in [0.15, 0.2) is 34.2 Å². The van der Waals surface area contributed by atoms with Crippen molar-refractivity contribution in [1.82, 2.24) is 14.5 Å². The van der Waals surface area contributed by atoms with E-state index in [1.165, 1.54) is 28.6 Å². The van der Waals surface area contributed by atoms with E-state index >= 15 is 0 Å². The van der Waals surface area contributed by atoms with Gasteiger partial charge in [-0.3, -0.25) is 9.36 Å². The maximum atomic E-state index is 13.7. The third-order valence-electron chi connectivity index (χ3n) is 5.69. The van der Waals surface area contributed by atoms with Crippen LogP contribution in [0.2, 0.25) is 0 Å². The van der Waals surface area contributed by atoms with Crippen LogP contribution in [0.1, 0.15) is 28.8 Å². The molecule has 0 unspecified atom stereocenters. The summed E-state index contributed by atoms with van der Waals surface area (Å²) in [7, 11) is 0. The van der Waals surface area contributed by atoms with Gasteiger partial charge in [0.15, 0.2) is 5.16 Å². The number of ether oxygens (including phenoxy) is 1. The standard InChI is InChI=1S/C22H23N3O3S2/c1-14-6-8-15(9-7-14)25-20(26)18-16-4-2-3-5-17(16)30-19(18)23-21(25)29-13-11-24-10-12-28-22(24)27/h6-9H,2-5,10-13H2,1H3. The Morgan fingerprint density at radius 3 is 2.73 bits per heavy atom. The molecule has 0 atom stereocenters. The van der Waals surface area contributed by atoms with Gasteiger partial charge < -0.3 is 9.64 Å². The molecule has 3 aromatic rings. The average Bonchev–Trinajstić information content (AvgIpc) is 3.32. The van der Waals surface area contributed by atoms with E-state index < -0.39 is 0 Å². The number of benzene rings is 1. The van der Waals surface area contributed by atoms with Crippen LogP contribution >= 0.6 is 23.1 Å². The quantitative estimate of drug-likeness (QED) is 0.439. The summed E-state index contributed by atoms with van der Waals surface area (Å²) >= 11 is 3.19. The Kier molecular flexibility index (Phi) is 5.28. The lowest BCUT2D eigenvalue weighted by Crippen LogP contribution is -2.27. The second kappa shape index (κ2) is 8.07. The van der Waals surface area contributed by atoms with Crippen molar-refractivity contribution in [3.8, 4) is 5.69 Å². The van der Waals surface area contributed by atoms with Gasteiger partial charge in [0.05, 0.1) is 17.6 Å². The Morgan fingerprint density at radius 2 is 1.97 bits per heavy atom. The summed E-state index contributed by atoms with van der Waals surface area (Å²) in [6.45, 7) is 3.68. The average molecular weight is 442 g/mol. The smallest absolute Gasteiger partial charge is 0.409 e. The van der Waals surface area contributed by atoms with E-state index in [0.29, 0.717) is 30.6 Å². The van der Waals surface area contributed by atoms with Crippen molar-refractivity contribution in [3.05, 3.63) is 50.6 Å². The number of thiophene rings is 1. The van der Waals surface area contributed by atoms with E-state index in [1.54, 1.807) is 20.8 Å². The number of nitrogens with zero attached hydrogens (tertiary/aromatic N) is 3. The molecule has 1 fully saturated rings. The van der Waals surface area contributed by atoms with Crippen molar-refractivity contribution in [2.24, 2.45) is 0 Å². The number of carbonyl (C=O) groups is 1. The van der Waals surface area contributed by atoms with Crippen molar-refractivity contribution in [1.29, 1.82) is 0 Å². The van der Waals surface area contributed by atoms with Crippen LogP contribution in [-0.2, 0) is 17.6 Å². The molecule has 156 valence electrons. The number of aromatic nitrogens is 2. The molecular formula is C22H23N3O3S2. The summed E-state index contributed by atoms with van der Waals surface area (Å²) in [4.78, 5) is 34.2. The molecule has 0 bridgehead atoms. The predicted octanol–water partition coefficient (Wildman–Crippen LogP) is 4.18. The molecule has 0 radical (unpaired) electrons. The molecule has 3 heterocycles. The Morgan fingerprint density at radius 1 is 1.17 bits per heavy atom. The van der Waals surface area contributed by atoms with E-state index in [2.05, 4.69) is 0 Å². The molecular weight excluding hydrogens is 418 g/mol. The zero-order valence-corrected chi connectivity index (χ0v) is 18.5. The fourth-order valence-corrected chi connectivity index (χ4v) is 6.36. The van der Waals surface area contributed by atoms with Crippen molar-refractivity contribution in [3.63, 3.8) is 0 Å². The molecule has 0 spiro atoms.